The predicted molar refractivity (Wildman–Crippen MR) is 118 cm³/mol. The molecule has 4 heterocycles. The number of hydrogen-bond donors (Lipinski definition) is 1. The van der Waals surface area contributed by atoms with Gasteiger partial charge in [-0.25, -0.2) is 9.36 Å². The third-order valence-corrected chi connectivity index (χ3v) is 7.71. The summed E-state index contributed by atoms with van der Waals surface area (Å²) in [5.41, 5.74) is 3.57. The molecule has 1 aromatic carbocycles. The number of phosphoric ester groups is 1. The molecule has 32 heavy (non-hydrogen) atoms. The first-order valence-corrected chi connectivity index (χ1v) is 12.6. The normalized spacial score (nSPS) is 20.8. The van der Waals surface area contributed by atoms with E-state index >= 15 is 0 Å². The molecule has 1 amide bonds. The number of nitrogens with zero attached hydrogens (tertiary/aromatic N) is 2. The van der Waals surface area contributed by atoms with Crippen LogP contribution in [0.25, 0.3) is 11.0 Å². The Balaban J connectivity index is 1.41. The summed E-state index contributed by atoms with van der Waals surface area (Å²) in [6.07, 6.45) is 4.26. The maximum absolute atomic E-state index is 13.1. The number of fused-ring (bicyclic) bond motifs is 2. The van der Waals surface area contributed by atoms with Gasteiger partial charge in [-0.1, -0.05) is 0 Å². The zero-order chi connectivity index (χ0) is 22.5. The lowest BCUT2D eigenvalue weighted by Gasteiger charge is -2.37. The van der Waals surface area contributed by atoms with Crippen LogP contribution in [0.3, 0.4) is 0 Å². The van der Waals surface area contributed by atoms with Gasteiger partial charge in [0.25, 0.3) is 5.91 Å². The molecule has 3 aliphatic rings. The van der Waals surface area contributed by atoms with Gasteiger partial charge in [-0.15, -0.1) is 0 Å². The summed E-state index contributed by atoms with van der Waals surface area (Å²) in [5, 5.41) is 0.796. The van der Waals surface area contributed by atoms with E-state index in [4.69, 9.17) is 8.94 Å². The minimum absolute atomic E-state index is 0.0252. The molecule has 0 radical (unpaired) electrons. The first-order valence-electron chi connectivity index (χ1n) is 11.1. The highest BCUT2D eigenvalue weighted by Crippen LogP contribution is 2.45. The molecule has 1 N–H and O–H groups in total. The van der Waals surface area contributed by atoms with Gasteiger partial charge in [-0.05, 0) is 56.2 Å². The van der Waals surface area contributed by atoms with E-state index < -0.39 is 19.6 Å². The van der Waals surface area contributed by atoms with Gasteiger partial charge in [0.2, 0.25) is 0 Å². The van der Waals surface area contributed by atoms with Crippen molar-refractivity contribution in [3.63, 3.8) is 0 Å². The third kappa shape index (κ3) is 3.88. The van der Waals surface area contributed by atoms with Crippen LogP contribution in [0, 0.1) is 0 Å². The van der Waals surface area contributed by atoms with Crippen LogP contribution in [-0.2, 0) is 26.5 Å². The second kappa shape index (κ2) is 8.30. The molecular weight excluding hydrogens is 435 g/mol. The lowest BCUT2D eigenvalue weighted by Crippen LogP contribution is -2.42. The highest BCUT2D eigenvalue weighted by molar-refractivity contribution is 7.47. The number of rotatable bonds is 4. The summed E-state index contributed by atoms with van der Waals surface area (Å²) >= 11 is 0. The van der Waals surface area contributed by atoms with Gasteiger partial charge in [-0.3, -0.25) is 13.8 Å². The van der Waals surface area contributed by atoms with Crippen molar-refractivity contribution in [2.75, 3.05) is 38.2 Å². The molecule has 1 aromatic heterocycles. The van der Waals surface area contributed by atoms with E-state index in [-0.39, 0.29) is 11.5 Å². The minimum Gasteiger partial charge on any atom is -0.422 e. The van der Waals surface area contributed by atoms with Gasteiger partial charge < -0.3 is 19.1 Å². The Morgan fingerprint density at radius 3 is 2.59 bits per heavy atom. The van der Waals surface area contributed by atoms with Crippen molar-refractivity contribution >= 4 is 30.4 Å². The monoisotopic (exact) mass is 462 g/mol. The van der Waals surface area contributed by atoms with E-state index in [1.807, 2.05) is 0 Å². The zero-order valence-corrected chi connectivity index (χ0v) is 18.9. The Kier molecular flexibility index (Phi) is 5.61. The number of anilines is 1. The van der Waals surface area contributed by atoms with E-state index in [1.54, 1.807) is 11.0 Å². The molecule has 1 saturated heterocycles. The van der Waals surface area contributed by atoms with Gasteiger partial charge in [-0.2, -0.15) is 0 Å². The number of carbonyl (C=O) groups is 1. The van der Waals surface area contributed by atoms with Gasteiger partial charge >= 0.3 is 13.4 Å². The first kappa shape index (κ1) is 21.6. The molecular formula is C22H27N2O7P. The standard InChI is InChI=1S/C22H27N2O7P/c1-29-32(27,28)31-16-6-10-24(11-7-16)21(25)18-13-15-12-14-4-2-8-23-9-3-5-17(19(14)23)20(15)30-22(18)26/h12-13,16H,2-11H2,1H3,(H,27,28). The third-order valence-electron chi connectivity index (χ3n) is 6.69. The zero-order valence-electron chi connectivity index (χ0n) is 18.0. The van der Waals surface area contributed by atoms with Crippen LogP contribution < -0.4 is 10.5 Å². The van der Waals surface area contributed by atoms with E-state index in [0.29, 0.717) is 31.5 Å². The molecule has 1 atom stereocenters. The summed E-state index contributed by atoms with van der Waals surface area (Å²) in [5.74, 6) is -0.383. The average molecular weight is 462 g/mol. The SMILES string of the molecule is COP(=O)(O)OC1CCN(C(=O)c2cc3cc4c5c(c3oc2=O)CCCN5CCC4)CC1. The van der Waals surface area contributed by atoms with Crippen LogP contribution in [0.1, 0.15) is 47.2 Å². The first-order chi connectivity index (χ1) is 15.4. The molecule has 172 valence electrons. The molecule has 1 fully saturated rings. The van der Waals surface area contributed by atoms with Crippen LogP contribution in [-0.4, -0.2) is 55.1 Å². The van der Waals surface area contributed by atoms with Crippen molar-refractivity contribution in [3.8, 4) is 0 Å². The van der Waals surface area contributed by atoms with Crippen LogP contribution in [0.5, 0.6) is 0 Å². The van der Waals surface area contributed by atoms with Gasteiger partial charge in [0, 0.05) is 49.9 Å². The number of phosphoric acid groups is 1. The Labute approximate surface area is 185 Å². The van der Waals surface area contributed by atoms with Crippen LogP contribution >= 0.6 is 7.82 Å². The second-order valence-corrected chi connectivity index (χ2v) is 10.2. The number of amides is 1. The fraction of sp³-hybridized carbons (Fsp3) is 0.545. The van der Waals surface area contributed by atoms with E-state index in [0.717, 1.165) is 56.8 Å². The number of likely N-dealkylation sites (tertiary alicyclic amines) is 1. The summed E-state index contributed by atoms with van der Waals surface area (Å²) in [7, 11) is -2.96. The number of benzene rings is 1. The lowest BCUT2D eigenvalue weighted by atomic mass is 9.90. The molecule has 3 aliphatic heterocycles. The van der Waals surface area contributed by atoms with Gasteiger partial charge in [0.05, 0.1) is 6.10 Å². The van der Waals surface area contributed by atoms with Crippen LogP contribution in [0.2, 0.25) is 0 Å². The van der Waals surface area contributed by atoms with Gasteiger partial charge in [0.15, 0.2) is 0 Å². The minimum atomic E-state index is -4.07. The van der Waals surface area contributed by atoms with Crippen LogP contribution in [0.15, 0.2) is 21.3 Å². The Bertz CT molecular complexity index is 1170. The molecule has 0 bridgehead atoms. The van der Waals surface area contributed by atoms with Crippen LogP contribution in [0.4, 0.5) is 5.69 Å². The summed E-state index contributed by atoms with van der Waals surface area (Å²) in [6, 6.07) is 3.73. The molecule has 0 saturated carbocycles. The number of piperidine rings is 1. The smallest absolute Gasteiger partial charge is 0.422 e. The maximum atomic E-state index is 13.1. The second-order valence-electron chi connectivity index (χ2n) is 8.67. The Morgan fingerprint density at radius 1 is 1.16 bits per heavy atom. The van der Waals surface area contributed by atoms with Crippen molar-refractivity contribution in [1.82, 2.24) is 4.90 Å². The fourth-order valence-electron chi connectivity index (χ4n) is 5.16. The van der Waals surface area contributed by atoms with Crippen molar-refractivity contribution in [2.24, 2.45) is 0 Å². The summed E-state index contributed by atoms with van der Waals surface area (Å²) in [4.78, 5) is 39.4. The largest absolute Gasteiger partial charge is 0.472 e. The molecule has 0 aliphatic carbocycles. The molecule has 5 rings (SSSR count). The van der Waals surface area contributed by atoms with Crippen molar-refractivity contribution in [1.29, 1.82) is 0 Å². The summed E-state index contributed by atoms with van der Waals surface area (Å²) in [6.45, 7) is 2.69. The van der Waals surface area contributed by atoms with E-state index in [2.05, 4.69) is 15.5 Å². The maximum Gasteiger partial charge on any atom is 0.472 e. The lowest BCUT2D eigenvalue weighted by molar-refractivity contribution is 0.0495. The highest BCUT2D eigenvalue weighted by atomic mass is 31.2. The van der Waals surface area contributed by atoms with Gasteiger partial charge in [0.1, 0.15) is 11.1 Å². The molecule has 9 nitrogen and oxygen atoms in total. The molecule has 2 aromatic rings. The Hall–Kier alpha value is -2.19. The molecule has 1 unspecified atom stereocenters. The number of hydrogen-bond acceptors (Lipinski definition) is 7. The Morgan fingerprint density at radius 2 is 1.88 bits per heavy atom. The fourth-order valence-corrected chi connectivity index (χ4v) is 5.83. The highest BCUT2D eigenvalue weighted by Gasteiger charge is 2.32. The quantitative estimate of drug-likeness (QED) is 0.546. The van der Waals surface area contributed by atoms with Crippen molar-refractivity contribution < 1.29 is 27.7 Å². The topological polar surface area (TPSA) is 110 Å². The van der Waals surface area contributed by atoms with Crippen molar-refractivity contribution in [3.05, 3.63) is 39.2 Å². The number of carbonyl (C=O) groups excluding carboxylic acids is 1. The van der Waals surface area contributed by atoms with E-state index in [1.165, 1.54) is 11.3 Å². The summed E-state index contributed by atoms with van der Waals surface area (Å²) < 4.78 is 26.9. The van der Waals surface area contributed by atoms with E-state index in [9.17, 15) is 19.0 Å². The van der Waals surface area contributed by atoms with Crippen molar-refractivity contribution in [2.45, 2.75) is 44.6 Å². The predicted octanol–water partition coefficient (Wildman–Crippen LogP) is 2.86. The molecule has 10 heteroatoms. The number of aryl methyl sites for hydroxylation is 2. The average Bonchev–Trinajstić information content (AvgIpc) is 2.79. The molecule has 0 spiro atoms.